The Balaban J connectivity index is 1.72. The molecule has 2 aromatic carbocycles. The number of nitrogens with one attached hydrogen (secondary N) is 2. The highest BCUT2D eigenvalue weighted by Crippen LogP contribution is 2.17. The van der Waals surface area contributed by atoms with E-state index in [1.54, 1.807) is 24.3 Å². The average Bonchev–Trinajstić information content (AvgIpc) is 3.03. The fraction of sp³-hybridized carbons (Fsp3) is 0.105. The number of carboxylic acid groups (broad SMARTS) is 1. The number of carboxylic acids is 1. The van der Waals surface area contributed by atoms with Gasteiger partial charge < -0.3 is 10.4 Å². The van der Waals surface area contributed by atoms with Crippen molar-refractivity contribution in [3.63, 3.8) is 0 Å². The summed E-state index contributed by atoms with van der Waals surface area (Å²) in [5.41, 5.74) is 3.14. The summed E-state index contributed by atoms with van der Waals surface area (Å²) in [5, 5.41) is 19.5. The number of aliphatic carboxylic acids is 1. The van der Waals surface area contributed by atoms with E-state index >= 15 is 0 Å². The number of fused-ring (bicyclic) bond motifs is 1. The minimum absolute atomic E-state index is 0.412. The maximum Gasteiger partial charge on any atom is 0.325 e. The Morgan fingerprint density at radius 3 is 2.56 bits per heavy atom. The van der Waals surface area contributed by atoms with E-state index in [2.05, 4.69) is 15.5 Å². The summed E-state index contributed by atoms with van der Waals surface area (Å²) in [7, 11) is 0. The zero-order valence-corrected chi connectivity index (χ0v) is 13.6. The van der Waals surface area contributed by atoms with E-state index in [1.807, 2.05) is 36.4 Å². The van der Waals surface area contributed by atoms with E-state index in [-0.39, 0.29) is 0 Å². The van der Waals surface area contributed by atoms with Crippen LogP contribution in [-0.4, -0.2) is 33.2 Å². The van der Waals surface area contributed by atoms with Gasteiger partial charge in [0.05, 0.1) is 11.2 Å². The second-order valence-corrected chi connectivity index (χ2v) is 5.64. The number of hydrogen-bond acceptors (Lipinski definition) is 3. The summed E-state index contributed by atoms with van der Waals surface area (Å²) in [5.74, 6) is -1.48. The fourth-order valence-electron chi connectivity index (χ4n) is 2.37. The van der Waals surface area contributed by atoms with Gasteiger partial charge in [-0.3, -0.25) is 14.7 Å². The van der Waals surface area contributed by atoms with Gasteiger partial charge in [-0.25, -0.2) is 0 Å². The fourth-order valence-corrected chi connectivity index (χ4v) is 2.37. The molecule has 1 amide bonds. The summed E-state index contributed by atoms with van der Waals surface area (Å²) in [6.45, 7) is 1.42. The Labute approximate surface area is 144 Å². The molecule has 3 N–H and O–H groups in total. The van der Waals surface area contributed by atoms with E-state index in [0.717, 1.165) is 22.2 Å². The van der Waals surface area contributed by atoms with Gasteiger partial charge in [-0.2, -0.15) is 5.10 Å². The molecule has 0 aliphatic carbocycles. The summed E-state index contributed by atoms with van der Waals surface area (Å²) in [4.78, 5) is 22.7. The lowest BCUT2D eigenvalue weighted by Crippen LogP contribution is -2.38. The van der Waals surface area contributed by atoms with E-state index in [9.17, 15) is 9.59 Å². The van der Waals surface area contributed by atoms with Crippen LogP contribution in [0.5, 0.6) is 0 Å². The summed E-state index contributed by atoms with van der Waals surface area (Å²) in [6, 6.07) is 13.8. The topological polar surface area (TPSA) is 95.1 Å². The molecule has 0 spiro atoms. The van der Waals surface area contributed by atoms with Crippen molar-refractivity contribution in [1.82, 2.24) is 15.5 Å². The van der Waals surface area contributed by atoms with Gasteiger partial charge in [0.15, 0.2) is 0 Å². The summed E-state index contributed by atoms with van der Waals surface area (Å²) < 4.78 is 0. The molecular formula is C19H17N3O3. The maximum atomic E-state index is 12.0. The van der Waals surface area contributed by atoms with E-state index < -0.39 is 17.9 Å². The predicted molar refractivity (Wildman–Crippen MR) is 96.0 cm³/mol. The molecule has 0 bridgehead atoms. The summed E-state index contributed by atoms with van der Waals surface area (Å²) >= 11 is 0. The number of aromatic amines is 1. The van der Waals surface area contributed by atoms with Crippen LogP contribution >= 0.6 is 0 Å². The SMILES string of the molecule is CC(NC(=O)c1ccc(/C=C/c2n[nH]c3ccccc23)cc1)C(=O)O. The van der Waals surface area contributed by atoms with Crippen molar-refractivity contribution in [2.45, 2.75) is 13.0 Å². The second-order valence-electron chi connectivity index (χ2n) is 5.64. The molecule has 1 atom stereocenters. The largest absolute Gasteiger partial charge is 0.480 e. The van der Waals surface area contributed by atoms with E-state index in [4.69, 9.17) is 5.11 Å². The van der Waals surface area contributed by atoms with Crippen molar-refractivity contribution < 1.29 is 14.7 Å². The minimum atomic E-state index is -1.07. The Hall–Kier alpha value is -3.41. The first-order valence-corrected chi connectivity index (χ1v) is 7.79. The molecule has 6 heteroatoms. The highest BCUT2D eigenvalue weighted by atomic mass is 16.4. The van der Waals surface area contributed by atoms with Crippen LogP contribution in [0.15, 0.2) is 48.5 Å². The Morgan fingerprint density at radius 2 is 1.84 bits per heavy atom. The third-order valence-electron chi connectivity index (χ3n) is 3.82. The highest BCUT2D eigenvalue weighted by Gasteiger charge is 2.14. The Morgan fingerprint density at radius 1 is 1.12 bits per heavy atom. The molecular weight excluding hydrogens is 318 g/mol. The molecule has 6 nitrogen and oxygen atoms in total. The van der Waals surface area contributed by atoms with Gasteiger partial charge in [0.25, 0.3) is 5.91 Å². The maximum absolute atomic E-state index is 12.0. The molecule has 1 aromatic heterocycles. The van der Waals surface area contributed by atoms with Gasteiger partial charge in [0.1, 0.15) is 6.04 Å². The Bertz CT molecular complexity index is 942. The van der Waals surface area contributed by atoms with Crippen molar-refractivity contribution in [1.29, 1.82) is 0 Å². The molecule has 0 aliphatic heterocycles. The van der Waals surface area contributed by atoms with Crippen LogP contribution in [0.3, 0.4) is 0 Å². The smallest absolute Gasteiger partial charge is 0.325 e. The number of H-pyrrole nitrogens is 1. The minimum Gasteiger partial charge on any atom is -0.480 e. The number of carbonyl (C=O) groups is 2. The molecule has 0 radical (unpaired) electrons. The van der Waals surface area contributed by atoms with Crippen LogP contribution in [-0.2, 0) is 4.79 Å². The van der Waals surface area contributed by atoms with Crippen molar-refractivity contribution in [3.8, 4) is 0 Å². The number of aromatic nitrogens is 2. The molecule has 126 valence electrons. The molecule has 1 heterocycles. The molecule has 0 saturated carbocycles. The van der Waals surface area contributed by atoms with Crippen LogP contribution in [0.2, 0.25) is 0 Å². The number of rotatable bonds is 5. The number of hydrogen-bond donors (Lipinski definition) is 3. The molecule has 25 heavy (non-hydrogen) atoms. The molecule has 3 rings (SSSR count). The standard InChI is InChI=1S/C19H17N3O3/c1-12(19(24)25)20-18(23)14-9-6-13(7-10-14)8-11-17-15-4-2-3-5-16(15)21-22-17/h2-12H,1H3,(H,20,23)(H,21,22)(H,24,25)/b11-8+. The lowest BCUT2D eigenvalue weighted by Gasteiger charge is -2.09. The highest BCUT2D eigenvalue weighted by molar-refractivity contribution is 5.96. The number of benzene rings is 2. The monoisotopic (exact) mass is 335 g/mol. The van der Waals surface area contributed by atoms with Crippen LogP contribution in [0.4, 0.5) is 0 Å². The van der Waals surface area contributed by atoms with Crippen LogP contribution in [0.1, 0.15) is 28.5 Å². The lowest BCUT2D eigenvalue weighted by molar-refractivity contribution is -0.138. The van der Waals surface area contributed by atoms with Crippen molar-refractivity contribution in [2.75, 3.05) is 0 Å². The Kier molecular flexibility index (Phi) is 4.61. The van der Waals surface area contributed by atoms with Crippen LogP contribution in [0.25, 0.3) is 23.1 Å². The zero-order valence-electron chi connectivity index (χ0n) is 13.6. The van der Waals surface area contributed by atoms with Gasteiger partial charge in [-0.1, -0.05) is 36.4 Å². The first-order valence-electron chi connectivity index (χ1n) is 7.79. The van der Waals surface area contributed by atoms with Gasteiger partial charge in [0, 0.05) is 10.9 Å². The van der Waals surface area contributed by atoms with E-state index in [1.165, 1.54) is 6.92 Å². The van der Waals surface area contributed by atoms with Crippen LogP contribution < -0.4 is 5.32 Å². The number of carbonyl (C=O) groups excluding carboxylic acids is 1. The van der Waals surface area contributed by atoms with Crippen LogP contribution in [0, 0.1) is 0 Å². The summed E-state index contributed by atoms with van der Waals surface area (Å²) in [6.07, 6.45) is 3.81. The third kappa shape index (κ3) is 3.74. The van der Waals surface area contributed by atoms with Crippen molar-refractivity contribution in [2.24, 2.45) is 0 Å². The normalized spacial score (nSPS) is 12.4. The second kappa shape index (κ2) is 7.00. The van der Waals surface area contributed by atoms with Crippen molar-refractivity contribution >= 4 is 34.9 Å². The van der Waals surface area contributed by atoms with Gasteiger partial charge in [0.2, 0.25) is 0 Å². The molecule has 3 aromatic rings. The third-order valence-corrected chi connectivity index (χ3v) is 3.82. The zero-order chi connectivity index (χ0) is 17.8. The first-order chi connectivity index (χ1) is 12.0. The van der Waals surface area contributed by atoms with E-state index in [0.29, 0.717) is 5.56 Å². The molecule has 0 saturated heterocycles. The van der Waals surface area contributed by atoms with Gasteiger partial charge in [-0.15, -0.1) is 0 Å². The number of para-hydroxylation sites is 1. The van der Waals surface area contributed by atoms with Gasteiger partial charge in [-0.05, 0) is 36.8 Å². The predicted octanol–water partition coefficient (Wildman–Crippen LogP) is 2.94. The quantitative estimate of drug-likeness (QED) is 0.668. The number of amides is 1. The first kappa shape index (κ1) is 16.4. The lowest BCUT2D eigenvalue weighted by atomic mass is 10.1. The molecule has 0 fully saturated rings. The van der Waals surface area contributed by atoms with Gasteiger partial charge >= 0.3 is 5.97 Å². The average molecular weight is 335 g/mol. The van der Waals surface area contributed by atoms with Crippen molar-refractivity contribution in [3.05, 3.63) is 65.4 Å². The number of nitrogens with zero attached hydrogens (tertiary/aromatic N) is 1. The molecule has 0 aliphatic rings. The molecule has 1 unspecified atom stereocenters.